The average Bonchev–Trinajstić information content (AvgIpc) is 2.51. The summed E-state index contributed by atoms with van der Waals surface area (Å²) in [4.78, 5) is 7.38. The largest absolute Gasteiger partial charge is 0.435 e. The SMILES string of the molecule is CC(C)c1ncc(N[C@H]2CO[C@H](CO)[C@H](O)[C@@H]2O)nc1C(F)(F)F. The zero-order valence-corrected chi connectivity index (χ0v) is 13.2. The van der Waals surface area contributed by atoms with Crippen LogP contribution >= 0.6 is 0 Å². The molecule has 0 radical (unpaired) electrons. The molecule has 0 spiro atoms. The first-order valence-corrected chi connectivity index (χ1v) is 7.44. The van der Waals surface area contributed by atoms with Crippen molar-refractivity contribution in [2.45, 2.75) is 50.3 Å². The van der Waals surface area contributed by atoms with Crippen LogP contribution in [0.25, 0.3) is 0 Å². The molecule has 7 nitrogen and oxygen atoms in total. The summed E-state index contributed by atoms with van der Waals surface area (Å²) < 4.78 is 44.6. The molecule has 0 saturated carbocycles. The highest BCUT2D eigenvalue weighted by atomic mass is 19.4. The van der Waals surface area contributed by atoms with Gasteiger partial charge in [0.25, 0.3) is 0 Å². The summed E-state index contributed by atoms with van der Waals surface area (Å²) in [7, 11) is 0. The number of aliphatic hydroxyl groups is 3. The quantitative estimate of drug-likeness (QED) is 0.626. The van der Waals surface area contributed by atoms with Crippen molar-refractivity contribution in [1.29, 1.82) is 0 Å². The number of halogens is 3. The molecule has 4 atom stereocenters. The van der Waals surface area contributed by atoms with Gasteiger partial charge in [-0.1, -0.05) is 13.8 Å². The van der Waals surface area contributed by atoms with E-state index in [1.54, 1.807) is 13.8 Å². The van der Waals surface area contributed by atoms with Gasteiger partial charge in [-0.3, -0.25) is 4.98 Å². The van der Waals surface area contributed by atoms with Crippen LogP contribution < -0.4 is 5.32 Å². The van der Waals surface area contributed by atoms with Gasteiger partial charge >= 0.3 is 6.18 Å². The Kier molecular flexibility index (Phi) is 5.63. The monoisotopic (exact) mass is 351 g/mol. The van der Waals surface area contributed by atoms with Crippen molar-refractivity contribution < 1.29 is 33.2 Å². The molecule has 1 aromatic heterocycles. The molecular formula is C14H20F3N3O4. The van der Waals surface area contributed by atoms with Crippen molar-refractivity contribution in [2.24, 2.45) is 0 Å². The summed E-state index contributed by atoms with van der Waals surface area (Å²) in [6.07, 6.45) is -7.17. The molecule has 1 aromatic rings. The van der Waals surface area contributed by atoms with Crippen molar-refractivity contribution in [3.05, 3.63) is 17.6 Å². The molecular weight excluding hydrogens is 331 g/mol. The summed E-state index contributed by atoms with van der Waals surface area (Å²) in [6, 6.07) is -0.886. The van der Waals surface area contributed by atoms with Crippen LogP contribution in [0.3, 0.4) is 0 Å². The third-order valence-electron chi connectivity index (χ3n) is 3.76. The normalized spacial score (nSPS) is 28.2. The summed E-state index contributed by atoms with van der Waals surface area (Å²) in [5, 5.41) is 31.4. The van der Waals surface area contributed by atoms with E-state index >= 15 is 0 Å². The molecule has 2 heterocycles. The molecule has 1 aliphatic heterocycles. The van der Waals surface area contributed by atoms with E-state index in [2.05, 4.69) is 15.3 Å². The lowest BCUT2D eigenvalue weighted by molar-refractivity contribution is -0.152. The van der Waals surface area contributed by atoms with Gasteiger partial charge in [-0.25, -0.2) is 4.98 Å². The van der Waals surface area contributed by atoms with Gasteiger partial charge in [0.15, 0.2) is 5.69 Å². The van der Waals surface area contributed by atoms with Gasteiger partial charge in [-0.15, -0.1) is 0 Å². The number of nitrogens with one attached hydrogen (secondary N) is 1. The van der Waals surface area contributed by atoms with Crippen molar-refractivity contribution in [3.8, 4) is 0 Å². The molecule has 0 bridgehead atoms. The Bertz CT molecular complexity index is 571. The Hall–Kier alpha value is -1.49. The van der Waals surface area contributed by atoms with Gasteiger partial charge in [0, 0.05) is 0 Å². The van der Waals surface area contributed by atoms with Crippen molar-refractivity contribution >= 4 is 5.82 Å². The van der Waals surface area contributed by atoms with Crippen LogP contribution in [0.1, 0.15) is 31.2 Å². The standard InChI is InChI=1S/C14H20F3N3O4/c1-6(2)10-13(14(15,16)17)20-9(3-18-10)19-7-5-24-8(4-21)12(23)11(7)22/h3,6-8,11-12,21-23H,4-5H2,1-2H3,(H,19,20)/t7-,8+,11+,12-/m0/s1. The predicted molar refractivity (Wildman–Crippen MR) is 77.4 cm³/mol. The molecule has 0 aliphatic carbocycles. The first kappa shape index (κ1) is 18.8. The molecule has 24 heavy (non-hydrogen) atoms. The van der Waals surface area contributed by atoms with E-state index in [1.807, 2.05) is 0 Å². The smallest absolute Gasteiger partial charge is 0.394 e. The van der Waals surface area contributed by atoms with Gasteiger partial charge in [-0.05, 0) is 5.92 Å². The zero-order valence-electron chi connectivity index (χ0n) is 13.2. The van der Waals surface area contributed by atoms with Gasteiger partial charge in [0.1, 0.15) is 24.1 Å². The maximum Gasteiger partial charge on any atom is 0.435 e. The number of nitrogens with zero attached hydrogens (tertiary/aromatic N) is 2. The van der Waals surface area contributed by atoms with E-state index < -0.39 is 48.7 Å². The van der Waals surface area contributed by atoms with E-state index in [0.29, 0.717) is 0 Å². The number of hydrogen-bond acceptors (Lipinski definition) is 7. The van der Waals surface area contributed by atoms with Gasteiger partial charge in [0.05, 0.1) is 31.1 Å². The van der Waals surface area contributed by atoms with Crippen LogP contribution in [-0.4, -0.2) is 62.9 Å². The topological polar surface area (TPSA) is 108 Å². The second-order valence-electron chi connectivity index (χ2n) is 5.93. The van der Waals surface area contributed by atoms with Crippen LogP contribution in [0.2, 0.25) is 0 Å². The molecule has 10 heteroatoms. The molecule has 0 amide bonds. The maximum absolute atomic E-state index is 13.1. The molecule has 1 fully saturated rings. The summed E-state index contributed by atoms with van der Waals surface area (Å²) in [5.41, 5.74) is -1.27. The van der Waals surface area contributed by atoms with Crippen LogP contribution in [0.5, 0.6) is 0 Å². The van der Waals surface area contributed by atoms with Crippen LogP contribution in [0, 0.1) is 0 Å². The number of aliphatic hydroxyl groups excluding tert-OH is 3. The third-order valence-corrected chi connectivity index (χ3v) is 3.76. The fourth-order valence-electron chi connectivity index (χ4n) is 2.46. The molecule has 136 valence electrons. The van der Waals surface area contributed by atoms with Crippen LogP contribution in [0.15, 0.2) is 6.20 Å². The zero-order chi connectivity index (χ0) is 18.1. The summed E-state index contributed by atoms with van der Waals surface area (Å²) >= 11 is 0. The van der Waals surface area contributed by atoms with Gasteiger partial charge in [0.2, 0.25) is 0 Å². The second-order valence-corrected chi connectivity index (χ2v) is 5.93. The van der Waals surface area contributed by atoms with E-state index in [0.717, 1.165) is 6.20 Å². The lowest BCUT2D eigenvalue weighted by Crippen LogP contribution is -2.56. The number of alkyl halides is 3. The van der Waals surface area contributed by atoms with Crippen molar-refractivity contribution in [1.82, 2.24) is 9.97 Å². The van der Waals surface area contributed by atoms with E-state index in [9.17, 15) is 23.4 Å². The first-order valence-electron chi connectivity index (χ1n) is 7.44. The van der Waals surface area contributed by atoms with E-state index in [4.69, 9.17) is 9.84 Å². The van der Waals surface area contributed by atoms with Crippen molar-refractivity contribution in [3.63, 3.8) is 0 Å². The lowest BCUT2D eigenvalue weighted by atomic mass is 9.98. The minimum absolute atomic E-state index is 0.113. The minimum atomic E-state index is -4.66. The molecule has 1 aliphatic rings. The highest BCUT2D eigenvalue weighted by Crippen LogP contribution is 2.33. The number of hydrogen-bond donors (Lipinski definition) is 4. The van der Waals surface area contributed by atoms with Gasteiger partial charge in [-0.2, -0.15) is 13.2 Å². The summed E-state index contributed by atoms with van der Waals surface area (Å²) in [5.74, 6) is -0.645. The number of ether oxygens (including phenoxy) is 1. The first-order chi connectivity index (χ1) is 11.1. The molecule has 0 aromatic carbocycles. The molecule has 4 N–H and O–H groups in total. The maximum atomic E-state index is 13.1. The highest BCUT2D eigenvalue weighted by molar-refractivity contribution is 5.37. The second kappa shape index (κ2) is 7.18. The Balaban J connectivity index is 2.22. The Labute approximate surface area is 136 Å². The fourth-order valence-corrected chi connectivity index (χ4v) is 2.46. The molecule has 1 saturated heterocycles. The van der Waals surface area contributed by atoms with E-state index in [1.165, 1.54) is 0 Å². The molecule has 2 rings (SSSR count). The number of anilines is 1. The van der Waals surface area contributed by atoms with E-state index in [-0.39, 0.29) is 18.1 Å². The van der Waals surface area contributed by atoms with Crippen LogP contribution in [-0.2, 0) is 10.9 Å². The minimum Gasteiger partial charge on any atom is -0.394 e. The fraction of sp³-hybridized carbons (Fsp3) is 0.714. The molecule has 0 unspecified atom stereocenters. The van der Waals surface area contributed by atoms with Gasteiger partial charge < -0.3 is 25.4 Å². The van der Waals surface area contributed by atoms with Crippen molar-refractivity contribution in [2.75, 3.05) is 18.5 Å². The highest BCUT2D eigenvalue weighted by Gasteiger charge is 2.40. The number of rotatable bonds is 4. The Morgan fingerprint density at radius 1 is 1.33 bits per heavy atom. The Morgan fingerprint density at radius 3 is 2.54 bits per heavy atom. The summed E-state index contributed by atoms with van der Waals surface area (Å²) in [6.45, 7) is 2.57. The predicted octanol–water partition coefficient (Wildman–Crippen LogP) is 0.512. The average molecular weight is 351 g/mol. The lowest BCUT2D eigenvalue weighted by Gasteiger charge is -2.37. The van der Waals surface area contributed by atoms with Crippen LogP contribution in [0.4, 0.5) is 19.0 Å². The Morgan fingerprint density at radius 2 is 2.00 bits per heavy atom. The third kappa shape index (κ3) is 3.94. The number of aromatic nitrogens is 2.